The molecular formula is C17H14ClFN4O. The highest BCUT2D eigenvalue weighted by Gasteiger charge is 2.24. The van der Waals surface area contributed by atoms with E-state index in [0.29, 0.717) is 37.4 Å². The lowest BCUT2D eigenvalue weighted by atomic mass is 10.1. The van der Waals surface area contributed by atoms with Gasteiger partial charge in [0, 0.05) is 37.9 Å². The number of carbonyl (C=O) groups excluding carboxylic acids is 1. The number of anilines is 1. The number of pyridine rings is 1. The van der Waals surface area contributed by atoms with Crippen molar-refractivity contribution in [2.75, 3.05) is 31.1 Å². The second-order valence-electron chi connectivity index (χ2n) is 5.39. The molecule has 7 heteroatoms. The molecule has 0 bridgehead atoms. The maximum atomic E-state index is 13.7. The van der Waals surface area contributed by atoms with Gasteiger partial charge in [-0.25, -0.2) is 9.37 Å². The third-order valence-corrected chi connectivity index (χ3v) is 4.19. The monoisotopic (exact) mass is 344 g/mol. The Bertz CT molecular complexity index is 812. The van der Waals surface area contributed by atoms with Crippen LogP contribution < -0.4 is 4.90 Å². The number of hydrogen-bond acceptors (Lipinski definition) is 4. The molecule has 1 aromatic carbocycles. The molecule has 1 amide bonds. The number of hydrogen-bond donors (Lipinski definition) is 0. The summed E-state index contributed by atoms with van der Waals surface area (Å²) in [6, 6.07) is 9.65. The Hall–Kier alpha value is -2.65. The molecule has 0 N–H and O–H groups in total. The van der Waals surface area contributed by atoms with Crippen LogP contribution in [0, 0.1) is 17.1 Å². The molecule has 0 radical (unpaired) electrons. The predicted molar refractivity (Wildman–Crippen MR) is 88.5 cm³/mol. The van der Waals surface area contributed by atoms with Gasteiger partial charge in [0.05, 0.1) is 5.69 Å². The van der Waals surface area contributed by atoms with Crippen LogP contribution in [0.2, 0.25) is 5.15 Å². The Morgan fingerprint density at radius 1 is 1.25 bits per heavy atom. The van der Waals surface area contributed by atoms with Crippen molar-refractivity contribution < 1.29 is 9.18 Å². The van der Waals surface area contributed by atoms with E-state index in [0.717, 1.165) is 0 Å². The molecule has 3 rings (SSSR count). The lowest BCUT2D eigenvalue weighted by Crippen LogP contribution is -2.49. The fraction of sp³-hybridized carbons (Fsp3) is 0.235. The van der Waals surface area contributed by atoms with E-state index < -0.39 is 5.82 Å². The molecule has 0 unspecified atom stereocenters. The molecule has 1 saturated heterocycles. The van der Waals surface area contributed by atoms with E-state index in [-0.39, 0.29) is 16.6 Å². The van der Waals surface area contributed by atoms with Crippen molar-refractivity contribution in [3.05, 3.63) is 58.6 Å². The summed E-state index contributed by atoms with van der Waals surface area (Å²) in [7, 11) is 0. The van der Waals surface area contributed by atoms with Gasteiger partial charge in [-0.15, -0.1) is 0 Å². The van der Waals surface area contributed by atoms with Gasteiger partial charge in [-0.1, -0.05) is 17.7 Å². The van der Waals surface area contributed by atoms with Crippen LogP contribution in [0.25, 0.3) is 0 Å². The zero-order valence-electron chi connectivity index (χ0n) is 12.7. The van der Waals surface area contributed by atoms with Crippen LogP contribution in [0.5, 0.6) is 0 Å². The predicted octanol–water partition coefficient (Wildman–Crippen LogP) is 2.71. The number of rotatable bonds is 2. The third kappa shape index (κ3) is 3.17. The third-order valence-electron chi connectivity index (χ3n) is 3.98. The molecule has 5 nitrogen and oxygen atoms in total. The second-order valence-corrected chi connectivity index (χ2v) is 5.78. The molecule has 0 saturated carbocycles. The Morgan fingerprint density at radius 2 is 2.00 bits per heavy atom. The van der Waals surface area contributed by atoms with E-state index >= 15 is 0 Å². The molecule has 0 spiro atoms. The number of benzene rings is 1. The van der Waals surface area contributed by atoms with E-state index in [4.69, 9.17) is 16.9 Å². The Labute approximate surface area is 143 Å². The quantitative estimate of drug-likeness (QED) is 0.786. The van der Waals surface area contributed by atoms with Crippen molar-refractivity contribution in [2.45, 2.75) is 0 Å². The fourth-order valence-electron chi connectivity index (χ4n) is 2.76. The van der Waals surface area contributed by atoms with E-state index in [1.165, 1.54) is 18.3 Å². The average molecular weight is 345 g/mol. The minimum atomic E-state index is -0.528. The van der Waals surface area contributed by atoms with Crippen molar-refractivity contribution in [1.82, 2.24) is 9.88 Å². The largest absolute Gasteiger partial charge is 0.367 e. The maximum absolute atomic E-state index is 13.7. The number of aromatic nitrogens is 1. The van der Waals surface area contributed by atoms with Crippen LogP contribution in [-0.4, -0.2) is 42.0 Å². The van der Waals surface area contributed by atoms with Crippen LogP contribution >= 0.6 is 11.6 Å². The van der Waals surface area contributed by atoms with E-state index in [1.807, 2.05) is 11.0 Å². The summed E-state index contributed by atoms with van der Waals surface area (Å²) in [5, 5.41) is 9.42. The summed E-state index contributed by atoms with van der Waals surface area (Å²) >= 11 is 5.82. The molecule has 24 heavy (non-hydrogen) atoms. The van der Waals surface area contributed by atoms with Gasteiger partial charge in [0.15, 0.2) is 0 Å². The van der Waals surface area contributed by atoms with E-state index in [2.05, 4.69) is 4.98 Å². The summed E-state index contributed by atoms with van der Waals surface area (Å²) in [5.74, 6) is -0.640. The highest BCUT2D eigenvalue weighted by atomic mass is 35.5. The van der Waals surface area contributed by atoms with Crippen molar-refractivity contribution in [1.29, 1.82) is 5.26 Å². The highest BCUT2D eigenvalue weighted by molar-refractivity contribution is 6.29. The summed E-state index contributed by atoms with van der Waals surface area (Å²) in [5.41, 5.74) is 1.10. The molecule has 1 aliphatic heterocycles. The van der Waals surface area contributed by atoms with Crippen LogP contribution in [0.1, 0.15) is 15.9 Å². The average Bonchev–Trinajstić information content (AvgIpc) is 2.61. The van der Waals surface area contributed by atoms with E-state index in [9.17, 15) is 9.18 Å². The molecule has 0 aliphatic carbocycles. The minimum absolute atomic E-state index is 0.0400. The number of amides is 1. The fourth-order valence-corrected chi connectivity index (χ4v) is 2.93. The summed E-state index contributed by atoms with van der Waals surface area (Å²) in [6.07, 6.45) is 1.50. The number of halogens is 2. The zero-order valence-corrected chi connectivity index (χ0v) is 13.5. The molecule has 2 heterocycles. The number of carbonyl (C=O) groups is 1. The van der Waals surface area contributed by atoms with Gasteiger partial charge in [0.1, 0.15) is 22.6 Å². The Morgan fingerprint density at radius 3 is 2.67 bits per heavy atom. The first-order valence-electron chi connectivity index (χ1n) is 7.44. The summed E-state index contributed by atoms with van der Waals surface area (Å²) in [4.78, 5) is 20.0. The number of nitrogens with zero attached hydrogens (tertiary/aromatic N) is 4. The second kappa shape index (κ2) is 6.85. The SMILES string of the molecule is N#Cc1c(F)cccc1N1CCN(C(=O)c2ccnc(Cl)c2)CC1. The van der Waals surface area contributed by atoms with Crippen LogP contribution in [0.4, 0.5) is 10.1 Å². The van der Waals surface area contributed by atoms with Crippen molar-refractivity contribution in [3.63, 3.8) is 0 Å². The standard InChI is InChI=1S/C17H14ClFN4O/c18-16-10-12(4-5-21-16)17(24)23-8-6-22(7-9-23)15-3-1-2-14(19)13(15)11-20/h1-5,10H,6-9H2. The lowest BCUT2D eigenvalue weighted by Gasteiger charge is -2.36. The molecular weight excluding hydrogens is 331 g/mol. The first kappa shape index (κ1) is 16.2. The van der Waals surface area contributed by atoms with Crippen LogP contribution in [0.3, 0.4) is 0 Å². The van der Waals surface area contributed by atoms with Crippen LogP contribution in [-0.2, 0) is 0 Å². The topological polar surface area (TPSA) is 60.2 Å². The first-order chi connectivity index (χ1) is 11.6. The minimum Gasteiger partial charge on any atom is -0.367 e. The normalized spacial score (nSPS) is 14.4. The van der Waals surface area contributed by atoms with Gasteiger partial charge in [-0.05, 0) is 24.3 Å². The maximum Gasteiger partial charge on any atom is 0.254 e. The lowest BCUT2D eigenvalue weighted by molar-refractivity contribution is 0.0746. The van der Waals surface area contributed by atoms with Gasteiger partial charge >= 0.3 is 0 Å². The van der Waals surface area contributed by atoms with Gasteiger partial charge in [0.25, 0.3) is 5.91 Å². The molecule has 0 atom stereocenters. The molecule has 1 aromatic heterocycles. The molecule has 1 fully saturated rings. The van der Waals surface area contributed by atoms with Gasteiger partial charge in [0.2, 0.25) is 0 Å². The van der Waals surface area contributed by atoms with Crippen molar-refractivity contribution >= 4 is 23.2 Å². The zero-order chi connectivity index (χ0) is 17.1. The molecule has 122 valence electrons. The summed E-state index contributed by atoms with van der Waals surface area (Å²) in [6.45, 7) is 2.03. The van der Waals surface area contributed by atoms with Crippen molar-refractivity contribution in [2.24, 2.45) is 0 Å². The number of nitriles is 1. The van der Waals surface area contributed by atoms with Crippen molar-refractivity contribution in [3.8, 4) is 6.07 Å². The van der Waals surface area contributed by atoms with Gasteiger partial charge in [-0.3, -0.25) is 4.79 Å². The molecule has 1 aliphatic rings. The Kier molecular flexibility index (Phi) is 4.63. The van der Waals surface area contributed by atoms with Crippen LogP contribution in [0.15, 0.2) is 36.5 Å². The summed E-state index contributed by atoms with van der Waals surface area (Å²) < 4.78 is 13.7. The van der Waals surface area contributed by atoms with Gasteiger partial charge in [-0.2, -0.15) is 5.26 Å². The highest BCUT2D eigenvalue weighted by Crippen LogP contribution is 2.24. The molecule has 2 aromatic rings. The van der Waals surface area contributed by atoms with Gasteiger partial charge < -0.3 is 9.80 Å². The first-order valence-corrected chi connectivity index (χ1v) is 7.82. The number of piperazine rings is 1. The van der Waals surface area contributed by atoms with E-state index in [1.54, 1.807) is 23.1 Å². The smallest absolute Gasteiger partial charge is 0.254 e. The Balaban J connectivity index is 1.72.